The molecule has 0 aromatic heterocycles. The van der Waals surface area contributed by atoms with E-state index in [-0.39, 0.29) is 24.0 Å². The second kappa shape index (κ2) is 7.13. The summed E-state index contributed by atoms with van der Waals surface area (Å²) in [4.78, 5) is 11.9. The van der Waals surface area contributed by atoms with Crippen LogP contribution >= 0.6 is 0 Å². The summed E-state index contributed by atoms with van der Waals surface area (Å²) in [5, 5.41) is 12.3. The van der Waals surface area contributed by atoms with Gasteiger partial charge in [0.15, 0.2) is 0 Å². The van der Waals surface area contributed by atoms with Crippen LogP contribution in [0.5, 0.6) is 0 Å². The molecule has 0 aliphatic heterocycles. The summed E-state index contributed by atoms with van der Waals surface area (Å²) in [6, 6.07) is -0.0962. The van der Waals surface area contributed by atoms with Crippen molar-refractivity contribution in [2.24, 2.45) is 11.3 Å². The number of aliphatic hydroxyl groups excluding tert-OH is 1. The van der Waals surface area contributed by atoms with Crippen molar-refractivity contribution in [3.63, 3.8) is 0 Å². The fraction of sp³-hybridized carbons (Fsp3) is 0.933. The molecule has 3 nitrogen and oxygen atoms in total. The molecule has 0 saturated heterocycles. The van der Waals surface area contributed by atoms with Crippen molar-refractivity contribution in [3.05, 3.63) is 0 Å². The highest BCUT2D eigenvalue weighted by Crippen LogP contribution is 2.26. The molecule has 106 valence electrons. The topological polar surface area (TPSA) is 49.3 Å². The lowest BCUT2D eigenvalue weighted by Crippen LogP contribution is -2.40. The van der Waals surface area contributed by atoms with Gasteiger partial charge in [-0.05, 0) is 30.6 Å². The Balaban J connectivity index is 2.32. The maximum atomic E-state index is 11.9. The summed E-state index contributed by atoms with van der Waals surface area (Å²) in [5.74, 6) is 0.679. The number of rotatable bonds is 5. The summed E-state index contributed by atoms with van der Waals surface area (Å²) >= 11 is 0. The first kappa shape index (κ1) is 15.5. The van der Waals surface area contributed by atoms with E-state index in [0.29, 0.717) is 12.3 Å². The monoisotopic (exact) mass is 255 g/mol. The van der Waals surface area contributed by atoms with E-state index in [4.69, 9.17) is 0 Å². The van der Waals surface area contributed by atoms with Crippen molar-refractivity contribution in [1.29, 1.82) is 0 Å². The highest BCUT2D eigenvalue weighted by molar-refractivity contribution is 5.76. The van der Waals surface area contributed by atoms with E-state index in [1.54, 1.807) is 0 Å². The Morgan fingerprint density at radius 3 is 2.39 bits per heavy atom. The third kappa shape index (κ3) is 6.39. The Morgan fingerprint density at radius 1 is 1.28 bits per heavy atom. The maximum absolute atomic E-state index is 11.9. The van der Waals surface area contributed by atoms with Gasteiger partial charge < -0.3 is 10.4 Å². The molecule has 1 fully saturated rings. The van der Waals surface area contributed by atoms with E-state index < -0.39 is 0 Å². The van der Waals surface area contributed by atoms with Crippen LogP contribution in [-0.2, 0) is 4.79 Å². The van der Waals surface area contributed by atoms with E-state index in [1.165, 1.54) is 32.1 Å². The Morgan fingerprint density at radius 2 is 1.89 bits per heavy atom. The van der Waals surface area contributed by atoms with Gasteiger partial charge in [-0.1, -0.05) is 40.0 Å². The van der Waals surface area contributed by atoms with E-state index >= 15 is 0 Å². The normalized spacial score (nSPS) is 19.6. The zero-order chi connectivity index (χ0) is 13.6. The van der Waals surface area contributed by atoms with Gasteiger partial charge in [-0.25, -0.2) is 0 Å². The fourth-order valence-corrected chi connectivity index (χ4v) is 2.84. The smallest absolute Gasteiger partial charge is 0.220 e. The number of carbonyl (C=O) groups is 1. The zero-order valence-electron chi connectivity index (χ0n) is 12.2. The summed E-state index contributed by atoms with van der Waals surface area (Å²) < 4.78 is 0. The van der Waals surface area contributed by atoms with Gasteiger partial charge >= 0.3 is 0 Å². The number of amides is 1. The summed E-state index contributed by atoms with van der Waals surface area (Å²) in [6.45, 7) is 6.42. The van der Waals surface area contributed by atoms with Crippen LogP contribution in [0.3, 0.4) is 0 Å². The molecule has 1 atom stereocenters. The quantitative estimate of drug-likeness (QED) is 0.793. The Hall–Kier alpha value is -0.570. The minimum atomic E-state index is -0.0962. The van der Waals surface area contributed by atoms with Crippen molar-refractivity contribution in [3.8, 4) is 0 Å². The number of hydrogen-bond acceptors (Lipinski definition) is 2. The molecule has 0 aromatic rings. The Labute approximate surface area is 111 Å². The molecule has 2 N–H and O–H groups in total. The van der Waals surface area contributed by atoms with Crippen LogP contribution in [0.1, 0.15) is 65.7 Å². The first-order valence-corrected chi connectivity index (χ1v) is 7.31. The van der Waals surface area contributed by atoms with E-state index in [9.17, 15) is 9.90 Å². The summed E-state index contributed by atoms with van der Waals surface area (Å²) in [7, 11) is 0. The molecule has 1 rings (SSSR count). The molecule has 3 heteroatoms. The number of hydrogen-bond donors (Lipinski definition) is 2. The van der Waals surface area contributed by atoms with Crippen LogP contribution in [0.15, 0.2) is 0 Å². The first-order chi connectivity index (χ1) is 8.40. The largest absolute Gasteiger partial charge is 0.394 e. The average molecular weight is 255 g/mol. The standard InChI is InChI=1S/C15H29NO2/c1-15(2,3)10-13(11-17)16-14(18)9-12-7-5-4-6-8-12/h12-13,17H,4-11H2,1-3H3,(H,16,18). The average Bonchev–Trinajstić information content (AvgIpc) is 2.27. The highest BCUT2D eigenvalue weighted by atomic mass is 16.3. The van der Waals surface area contributed by atoms with Gasteiger partial charge in [0.2, 0.25) is 5.91 Å². The van der Waals surface area contributed by atoms with Gasteiger partial charge in [0, 0.05) is 6.42 Å². The maximum Gasteiger partial charge on any atom is 0.220 e. The van der Waals surface area contributed by atoms with Crippen LogP contribution in [0.25, 0.3) is 0 Å². The molecule has 18 heavy (non-hydrogen) atoms. The lowest BCUT2D eigenvalue weighted by atomic mass is 9.86. The predicted molar refractivity (Wildman–Crippen MR) is 74.3 cm³/mol. The Bertz CT molecular complexity index is 252. The van der Waals surface area contributed by atoms with Gasteiger partial charge in [0.25, 0.3) is 0 Å². The van der Waals surface area contributed by atoms with Crippen LogP contribution in [0, 0.1) is 11.3 Å². The van der Waals surface area contributed by atoms with Gasteiger partial charge in [-0.2, -0.15) is 0 Å². The highest BCUT2D eigenvalue weighted by Gasteiger charge is 2.22. The van der Waals surface area contributed by atoms with E-state index in [1.807, 2.05) is 0 Å². The first-order valence-electron chi connectivity index (χ1n) is 7.31. The summed E-state index contributed by atoms with van der Waals surface area (Å²) in [6.07, 6.45) is 7.70. The molecule has 1 amide bonds. The molecule has 0 aromatic carbocycles. The SMILES string of the molecule is CC(C)(C)CC(CO)NC(=O)CC1CCCCC1. The van der Waals surface area contributed by atoms with Gasteiger partial charge in [0.05, 0.1) is 12.6 Å². The van der Waals surface area contributed by atoms with E-state index in [0.717, 1.165) is 6.42 Å². The van der Waals surface area contributed by atoms with Gasteiger partial charge in [-0.15, -0.1) is 0 Å². The van der Waals surface area contributed by atoms with Gasteiger partial charge in [0.1, 0.15) is 0 Å². The van der Waals surface area contributed by atoms with E-state index in [2.05, 4.69) is 26.1 Å². The lowest BCUT2D eigenvalue weighted by molar-refractivity contribution is -0.123. The van der Waals surface area contributed by atoms with Crippen molar-refractivity contribution in [2.45, 2.75) is 71.8 Å². The summed E-state index contributed by atoms with van der Waals surface area (Å²) in [5.41, 5.74) is 0.130. The van der Waals surface area contributed by atoms with Crippen LogP contribution < -0.4 is 5.32 Å². The molecule has 1 aliphatic carbocycles. The minimum absolute atomic E-state index is 0.0354. The number of nitrogens with one attached hydrogen (secondary N) is 1. The van der Waals surface area contributed by atoms with Crippen molar-refractivity contribution < 1.29 is 9.90 Å². The predicted octanol–water partition coefficient (Wildman–Crippen LogP) is 2.87. The molecule has 1 saturated carbocycles. The van der Waals surface area contributed by atoms with Crippen LogP contribution in [0.4, 0.5) is 0 Å². The zero-order valence-corrected chi connectivity index (χ0v) is 12.2. The van der Waals surface area contributed by atoms with Gasteiger partial charge in [-0.3, -0.25) is 4.79 Å². The second-order valence-electron chi connectivity index (χ2n) is 6.92. The van der Waals surface area contributed by atoms with Crippen LogP contribution in [-0.4, -0.2) is 23.7 Å². The number of aliphatic hydroxyl groups is 1. The van der Waals surface area contributed by atoms with Crippen molar-refractivity contribution >= 4 is 5.91 Å². The second-order valence-corrected chi connectivity index (χ2v) is 6.92. The molecule has 0 bridgehead atoms. The fourth-order valence-electron chi connectivity index (χ4n) is 2.84. The molecular formula is C15H29NO2. The molecule has 0 radical (unpaired) electrons. The molecule has 0 spiro atoms. The lowest BCUT2D eigenvalue weighted by Gasteiger charge is -2.27. The molecule has 1 unspecified atom stereocenters. The molecule has 0 heterocycles. The Kier molecular flexibility index (Phi) is 6.13. The van der Waals surface area contributed by atoms with Crippen molar-refractivity contribution in [1.82, 2.24) is 5.32 Å². The third-order valence-electron chi connectivity index (χ3n) is 3.64. The van der Waals surface area contributed by atoms with Crippen LogP contribution in [0.2, 0.25) is 0 Å². The van der Waals surface area contributed by atoms with Crippen molar-refractivity contribution in [2.75, 3.05) is 6.61 Å². The molecule has 1 aliphatic rings. The third-order valence-corrected chi connectivity index (χ3v) is 3.64. The molecular weight excluding hydrogens is 226 g/mol. The number of carbonyl (C=O) groups excluding carboxylic acids is 1. The minimum Gasteiger partial charge on any atom is -0.394 e.